The number of thioether (sulfide) groups is 1. The molecule has 1 aliphatic carbocycles. The van der Waals surface area contributed by atoms with Crippen LogP contribution in [-0.2, 0) is 0 Å². The van der Waals surface area contributed by atoms with E-state index in [9.17, 15) is 0 Å². The molecule has 2 atom stereocenters. The fraction of sp³-hybridized carbons (Fsp3) is 0.923. The van der Waals surface area contributed by atoms with Crippen molar-refractivity contribution in [3.05, 3.63) is 0 Å². The first kappa shape index (κ1) is 12.3. The highest BCUT2D eigenvalue weighted by Crippen LogP contribution is 2.26. The molecule has 2 aliphatic rings. The largest absolute Gasteiger partial charge is 0.362 e. The zero-order chi connectivity index (χ0) is 11.4. The Morgan fingerprint density at radius 1 is 1.25 bits per heavy atom. The van der Waals surface area contributed by atoms with Crippen LogP contribution >= 0.6 is 11.8 Å². The van der Waals surface area contributed by atoms with E-state index >= 15 is 0 Å². The molecule has 1 saturated heterocycles. The molecule has 0 radical (unpaired) electrons. The first-order valence-electron chi connectivity index (χ1n) is 6.71. The molecule has 0 aromatic heterocycles. The van der Waals surface area contributed by atoms with Gasteiger partial charge < -0.3 is 5.32 Å². The third-order valence-corrected chi connectivity index (χ3v) is 4.65. The third-order valence-electron chi connectivity index (χ3n) is 3.59. The molecule has 0 bridgehead atoms. The highest BCUT2D eigenvalue weighted by Gasteiger charge is 2.20. The van der Waals surface area contributed by atoms with E-state index in [0.717, 1.165) is 17.7 Å². The van der Waals surface area contributed by atoms with Crippen LogP contribution in [-0.4, -0.2) is 23.0 Å². The summed E-state index contributed by atoms with van der Waals surface area (Å²) in [5, 5.41) is 5.41. The van der Waals surface area contributed by atoms with Crippen LogP contribution < -0.4 is 5.32 Å². The van der Waals surface area contributed by atoms with Crippen LogP contribution in [0.15, 0.2) is 4.99 Å². The lowest BCUT2D eigenvalue weighted by molar-refractivity contribution is 0.366. The van der Waals surface area contributed by atoms with E-state index in [4.69, 9.17) is 4.99 Å². The average molecular weight is 240 g/mol. The zero-order valence-corrected chi connectivity index (χ0v) is 11.4. The van der Waals surface area contributed by atoms with Gasteiger partial charge in [0.15, 0.2) is 5.17 Å². The molecule has 1 N–H and O–H groups in total. The highest BCUT2D eigenvalue weighted by molar-refractivity contribution is 8.14. The highest BCUT2D eigenvalue weighted by atomic mass is 32.2. The van der Waals surface area contributed by atoms with Gasteiger partial charge in [0.1, 0.15) is 0 Å². The van der Waals surface area contributed by atoms with Crippen LogP contribution in [0.3, 0.4) is 0 Å². The molecule has 0 aromatic rings. The maximum Gasteiger partial charge on any atom is 0.157 e. The Kier molecular flexibility index (Phi) is 4.56. The van der Waals surface area contributed by atoms with E-state index in [1.807, 2.05) is 11.8 Å². The fourth-order valence-corrected chi connectivity index (χ4v) is 3.89. The van der Waals surface area contributed by atoms with Gasteiger partial charge >= 0.3 is 0 Å². The zero-order valence-electron chi connectivity index (χ0n) is 10.5. The van der Waals surface area contributed by atoms with Gasteiger partial charge in [-0.25, -0.2) is 0 Å². The molecule has 3 heteroatoms. The molecule has 1 aliphatic heterocycles. The summed E-state index contributed by atoms with van der Waals surface area (Å²) in [4.78, 5) is 4.78. The number of hydrogen-bond acceptors (Lipinski definition) is 2. The summed E-state index contributed by atoms with van der Waals surface area (Å²) >= 11 is 1.92. The number of nitrogens with one attached hydrogen (secondary N) is 1. The average Bonchev–Trinajstić information content (AvgIpc) is 2.27. The van der Waals surface area contributed by atoms with E-state index in [-0.39, 0.29) is 0 Å². The minimum absolute atomic E-state index is 0.598. The molecule has 2 rings (SSSR count). The van der Waals surface area contributed by atoms with Crippen LogP contribution in [0.5, 0.6) is 0 Å². The molecule has 1 saturated carbocycles. The molecule has 16 heavy (non-hydrogen) atoms. The molecule has 0 aromatic carbocycles. The van der Waals surface area contributed by atoms with Gasteiger partial charge in [0.05, 0.1) is 0 Å². The van der Waals surface area contributed by atoms with Crippen molar-refractivity contribution in [1.29, 1.82) is 0 Å². The number of rotatable bonds is 2. The summed E-state index contributed by atoms with van der Waals surface area (Å²) in [6.07, 6.45) is 8.33. The number of aliphatic imine (C=N–C) groups is 1. The van der Waals surface area contributed by atoms with E-state index in [1.54, 1.807) is 0 Å². The minimum Gasteiger partial charge on any atom is -0.362 e. The monoisotopic (exact) mass is 240 g/mol. The van der Waals surface area contributed by atoms with E-state index < -0.39 is 0 Å². The van der Waals surface area contributed by atoms with Crippen molar-refractivity contribution >= 4 is 16.9 Å². The molecule has 0 amide bonds. The Morgan fingerprint density at radius 3 is 2.69 bits per heavy atom. The van der Waals surface area contributed by atoms with Crippen molar-refractivity contribution in [1.82, 2.24) is 5.32 Å². The second-order valence-corrected chi connectivity index (χ2v) is 6.79. The van der Waals surface area contributed by atoms with Gasteiger partial charge in [0.2, 0.25) is 0 Å². The summed E-state index contributed by atoms with van der Waals surface area (Å²) in [5.41, 5.74) is 0. The predicted molar refractivity (Wildman–Crippen MR) is 73.1 cm³/mol. The van der Waals surface area contributed by atoms with Crippen molar-refractivity contribution in [2.24, 2.45) is 10.9 Å². The van der Waals surface area contributed by atoms with Crippen LogP contribution in [0.4, 0.5) is 0 Å². The molecular formula is C13H24N2S. The molecule has 0 spiro atoms. The van der Waals surface area contributed by atoms with Crippen LogP contribution in [0.1, 0.15) is 52.4 Å². The maximum atomic E-state index is 4.78. The second kappa shape index (κ2) is 5.95. The summed E-state index contributed by atoms with van der Waals surface area (Å²) < 4.78 is 0. The lowest BCUT2D eigenvalue weighted by Gasteiger charge is -2.27. The fourth-order valence-electron chi connectivity index (χ4n) is 2.70. The predicted octanol–water partition coefficient (Wildman–Crippen LogP) is 3.43. The van der Waals surface area contributed by atoms with Crippen molar-refractivity contribution < 1.29 is 0 Å². The van der Waals surface area contributed by atoms with Gasteiger partial charge in [-0.05, 0) is 32.1 Å². The molecule has 1 heterocycles. The van der Waals surface area contributed by atoms with E-state index in [0.29, 0.717) is 6.04 Å². The summed E-state index contributed by atoms with van der Waals surface area (Å²) in [6, 6.07) is 0.598. The smallest absolute Gasteiger partial charge is 0.157 e. The second-order valence-electron chi connectivity index (χ2n) is 5.36. The summed E-state index contributed by atoms with van der Waals surface area (Å²) in [7, 11) is 0. The van der Waals surface area contributed by atoms with Gasteiger partial charge in [0.25, 0.3) is 0 Å². The van der Waals surface area contributed by atoms with E-state index in [2.05, 4.69) is 19.2 Å². The third kappa shape index (κ3) is 3.69. The normalized spacial score (nSPS) is 35.0. The first-order valence-corrected chi connectivity index (χ1v) is 7.59. The van der Waals surface area contributed by atoms with Gasteiger partial charge in [-0.2, -0.15) is 0 Å². The Morgan fingerprint density at radius 2 is 2.00 bits per heavy atom. The molecule has 2 fully saturated rings. The van der Waals surface area contributed by atoms with E-state index in [1.165, 1.54) is 43.7 Å². The molecule has 92 valence electrons. The topological polar surface area (TPSA) is 24.4 Å². The summed E-state index contributed by atoms with van der Waals surface area (Å²) in [5.74, 6) is 0.858. The quantitative estimate of drug-likeness (QED) is 0.799. The van der Waals surface area contributed by atoms with Crippen molar-refractivity contribution in [2.45, 2.75) is 63.7 Å². The number of hydrogen-bond donors (Lipinski definition) is 1. The Hall–Kier alpha value is -0.180. The van der Waals surface area contributed by atoms with Gasteiger partial charge in [-0.15, -0.1) is 0 Å². The van der Waals surface area contributed by atoms with Crippen molar-refractivity contribution in [3.63, 3.8) is 0 Å². The number of nitrogens with zero attached hydrogens (tertiary/aromatic N) is 1. The Labute approximate surface area is 104 Å². The summed E-state index contributed by atoms with van der Waals surface area (Å²) in [6.45, 7) is 5.61. The maximum absolute atomic E-state index is 4.78. The Balaban J connectivity index is 1.81. The van der Waals surface area contributed by atoms with Crippen molar-refractivity contribution in [3.8, 4) is 0 Å². The molecule has 2 unspecified atom stereocenters. The number of amidine groups is 1. The minimum atomic E-state index is 0.598. The van der Waals surface area contributed by atoms with Crippen LogP contribution in [0, 0.1) is 5.92 Å². The lowest BCUT2D eigenvalue weighted by Crippen LogP contribution is -2.38. The van der Waals surface area contributed by atoms with Gasteiger partial charge in [-0.1, -0.05) is 37.9 Å². The standard InChI is InChI=1S/C13H24N2S/c1-10-8-11(2)16-13(15-10)14-9-12-6-4-3-5-7-12/h10-12H,3-9H2,1-2H3,(H,14,15). The lowest BCUT2D eigenvalue weighted by atomic mass is 9.89. The van der Waals surface area contributed by atoms with Gasteiger partial charge in [-0.3, -0.25) is 4.99 Å². The Bertz CT molecular complexity index is 234. The van der Waals surface area contributed by atoms with Crippen molar-refractivity contribution in [2.75, 3.05) is 6.54 Å². The van der Waals surface area contributed by atoms with Crippen LogP contribution in [0.25, 0.3) is 0 Å². The van der Waals surface area contributed by atoms with Gasteiger partial charge in [0, 0.05) is 17.8 Å². The molecule has 2 nitrogen and oxygen atoms in total. The first-order chi connectivity index (χ1) is 7.74. The molecular weight excluding hydrogens is 216 g/mol. The van der Waals surface area contributed by atoms with Crippen LogP contribution in [0.2, 0.25) is 0 Å². The SMILES string of the molecule is CC1CC(C)SC(=NCC2CCCCC2)N1.